The number of nitrogens with zero attached hydrogens (tertiary/aromatic N) is 1. The topological polar surface area (TPSA) is 66.5 Å². The molecule has 0 radical (unpaired) electrons. The van der Waals surface area contributed by atoms with Gasteiger partial charge in [-0.25, -0.2) is 8.42 Å². The van der Waals surface area contributed by atoms with Crippen molar-refractivity contribution in [3.8, 4) is 0 Å². The van der Waals surface area contributed by atoms with Gasteiger partial charge in [0.1, 0.15) is 0 Å². The Morgan fingerprint density at radius 3 is 2.26 bits per heavy atom. The first-order chi connectivity index (χ1) is 14.9. The van der Waals surface area contributed by atoms with Crippen molar-refractivity contribution in [2.75, 3.05) is 13.1 Å². The summed E-state index contributed by atoms with van der Waals surface area (Å²) in [5, 5.41) is 5.38. The van der Waals surface area contributed by atoms with Crippen LogP contribution >= 0.6 is 0 Å². The average Bonchev–Trinajstić information content (AvgIpc) is 2.78. The molecule has 0 aliphatic carbocycles. The van der Waals surface area contributed by atoms with Crippen LogP contribution in [0, 0.1) is 0 Å². The Balaban J connectivity index is 1.61. The Kier molecular flexibility index (Phi) is 7.46. The van der Waals surface area contributed by atoms with E-state index >= 15 is 0 Å². The first kappa shape index (κ1) is 23.0. The number of aryl methyl sites for hydroxylation is 1. The van der Waals surface area contributed by atoms with Gasteiger partial charge in [-0.3, -0.25) is 4.79 Å². The molecule has 5 nitrogen and oxygen atoms in total. The average molecular weight is 439 g/mol. The van der Waals surface area contributed by atoms with E-state index in [2.05, 4.69) is 23.5 Å². The largest absolute Gasteiger partial charge is 0.350 e. The lowest BCUT2D eigenvalue weighted by atomic mass is 9.99. The maximum Gasteiger partial charge on any atom is 0.243 e. The molecule has 0 saturated carbocycles. The molecule has 1 unspecified atom stereocenters. The van der Waals surface area contributed by atoms with Crippen molar-refractivity contribution in [2.24, 2.45) is 0 Å². The van der Waals surface area contributed by atoms with E-state index in [1.165, 1.54) is 4.31 Å². The van der Waals surface area contributed by atoms with Gasteiger partial charge in [-0.05, 0) is 47.4 Å². The third kappa shape index (κ3) is 5.32. The number of hydrogen-bond donors (Lipinski definition) is 1. The minimum Gasteiger partial charge on any atom is -0.350 e. The van der Waals surface area contributed by atoms with E-state index in [0.29, 0.717) is 25.9 Å². The number of carbonyl (C=O) groups excluding carboxylic acids is 1. The van der Waals surface area contributed by atoms with E-state index in [-0.39, 0.29) is 16.8 Å². The molecule has 3 aromatic rings. The lowest BCUT2D eigenvalue weighted by Crippen LogP contribution is -2.30. The summed E-state index contributed by atoms with van der Waals surface area (Å²) in [7, 11) is -3.46. The Hall–Kier alpha value is -2.70. The van der Waals surface area contributed by atoms with Crippen molar-refractivity contribution < 1.29 is 13.2 Å². The van der Waals surface area contributed by atoms with Crippen LogP contribution in [0.3, 0.4) is 0 Å². The fourth-order valence-corrected chi connectivity index (χ4v) is 5.28. The molecule has 0 fully saturated rings. The molecule has 1 atom stereocenters. The zero-order valence-corrected chi connectivity index (χ0v) is 19.2. The smallest absolute Gasteiger partial charge is 0.243 e. The summed E-state index contributed by atoms with van der Waals surface area (Å²) in [6, 6.07) is 21.0. The van der Waals surface area contributed by atoms with Gasteiger partial charge in [-0.2, -0.15) is 4.31 Å². The summed E-state index contributed by atoms with van der Waals surface area (Å²) in [6.45, 7) is 6.53. The SMILES string of the molecule is CCN(CC)S(=O)(=O)c1ccc(CCC(=O)NC(C)c2cccc3ccccc23)cc1. The van der Waals surface area contributed by atoms with Gasteiger partial charge in [-0.15, -0.1) is 0 Å². The Bertz CT molecular complexity index is 1130. The first-order valence-corrected chi connectivity index (χ1v) is 12.2. The molecule has 164 valence electrons. The lowest BCUT2D eigenvalue weighted by Gasteiger charge is -2.18. The number of hydrogen-bond acceptors (Lipinski definition) is 3. The molecule has 31 heavy (non-hydrogen) atoms. The van der Waals surface area contributed by atoms with Crippen LogP contribution in [-0.4, -0.2) is 31.7 Å². The molecule has 0 aliphatic rings. The van der Waals surface area contributed by atoms with Gasteiger partial charge >= 0.3 is 0 Å². The van der Waals surface area contributed by atoms with Crippen LogP contribution in [-0.2, 0) is 21.2 Å². The molecule has 0 bridgehead atoms. The number of nitrogens with one attached hydrogen (secondary N) is 1. The molecule has 3 rings (SSSR count). The van der Waals surface area contributed by atoms with Crippen LogP contribution in [0.1, 0.15) is 44.4 Å². The van der Waals surface area contributed by atoms with E-state index < -0.39 is 10.0 Å². The van der Waals surface area contributed by atoms with E-state index in [0.717, 1.165) is 21.9 Å². The van der Waals surface area contributed by atoms with E-state index in [4.69, 9.17) is 0 Å². The van der Waals surface area contributed by atoms with E-state index in [1.54, 1.807) is 24.3 Å². The minimum atomic E-state index is -3.46. The first-order valence-electron chi connectivity index (χ1n) is 10.7. The summed E-state index contributed by atoms with van der Waals surface area (Å²) in [5.41, 5.74) is 2.03. The van der Waals surface area contributed by atoms with E-state index in [1.807, 2.05) is 45.0 Å². The third-order valence-corrected chi connectivity index (χ3v) is 7.64. The highest BCUT2D eigenvalue weighted by Crippen LogP contribution is 2.24. The predicted molar refractivity (Wildman–Crippen MR) is 125 cm³/mol. The highest BCUT2D eigenvalue weighted by Gasteiger charge is 2.21. The Labute approximate surface area is 185 Å². The molecule has 0 saturated heterocycles. The van der Waals surface area contributed by atoms with Gasteiger partial charge in [0.2, 0.25) is 15.9 Å². The number of amides is 1. The normalized spacial score (nSPS) is 12.8. The van der Waals surface area contributed by atoms with Gasteiger partial charge in [-0.1, -0.05) is 68.4 Å². The summed E-state index contributed by atoms with van der Waals surface area (Å²) < 4.78 is 26.6. The number of sulfonamides is 1. The highest BCUT2D eigenvalue weighted by molar-refractivity contribution is 7.89. The van der Waals surface area contributed by atoms with Gasteiger partial charge < -0.3 is 5.32 Å². The summed E-state index contributed by atoms with van der Waals surface area (Å²) >= 11 is 0. The van der Waals surface area contributed by atoms with Crippen LogP contribution in [0.5, 0.6) is 0 Å². The molecule has 0 aromatic heterocycles. The zero-order valence-electron chi connectivity index (χ0n) is 18.3. The zero-order chi connectivity index (χ0) is 22.4. The van der Waals surface area contributed by atoms with Crippen molar-refractivity contribution in [3.63, 3.8) is 0 Å². The molecule has 0 spiro atoms. The second-order valence-electron chi connectivity index (χ2n) is 7.59. The fraction of sp³-hybridized carbons (Fsp3) is 0.320. The molecule has 1 N–H and O–H groups in total. The van der Waals surface area contributed by atoms with Gasteiger partial charge in [0, 0.05) is 19.5 Å². The number of carbonyl (C=O) groups is 1. The maximum absolute atomic E-state index is 12.6. The monoisotopic (exact) mass is 438 g/mol. The van der Waals surface area contributed by atoms with Crippen LogP contribution in [0.15, 0.2) is 71.6 Å². The van der Waals surface area contributed by atoms with E-state index in [9.17, 15) is 13.2 Å². The van der Waals surface area contributed by atoms with Crippen LogP contribution in [0.2, 0.25) is 0 Å². The van der Waals surface area contributed by atoms with Crippen molar-refractivity contribution >= 4 is 26.7 Å². The van der Waals surface area contributed by atoms with Gasteiger partial charge in [0.15, 0.2) is 0 Å². The molecule has 0 aliphatic heterocycles. The van der Waals surface area contributed by atoms with Crippen LogP contribution < -0.4 is 5.32 Å². The van der Waals surface area contributed by atoms with Gasteiger partial charge in [0.25, 0.3) is 0 Å². The fourth-order valence-electron chi connectivity index (χ4n) is 3.82. The Morgan fingerprint density at radius 1 is 0.935 bits per heavy atom. The van der Waals surface area contributed by atoms with Gasteiger partial charge in [0.05, 0.1) is 10.9 Å². The minimum absolute atomic E-state index is 0.0275. The van der Waals surface area contributed by atoms with Crippen molar-refractivity contribution in [1.29, 1.82) is 0 Å². The van der Waals surface area contributed by atoms with Crippen molar-refractivity contribution in [2.45, 2.75) is 44.6 Å². The summed E-state index contributed by atoms with van der Waals surface area (Å²) in [4.78, 5) is 12.8. The standard InChI is InChI=1S/C25H30N2O3S/c1-4-27(5-2)31(29,30)22-16-13-20(14-17-22)15-18-25(28)26-19(3)23-12-8-10-21-9-6-7-11-24(21)23/h6-14,16-17,19H,4-5,15,18H2,1-3H3,(H,26,28). The number of benzene rings is 3. The summed E-state index contributed by atoms with van der Waals surface area (Å²) in [6.07, 6.45) is 0.900. The molecule has 6 heteroatoms. The molecule has 3 aromatic carbocycles. The maximum atomic E-state index is 12.6. The van der Waals surface area contributed by atoms with Crippen LogP contribution in [0.25, 0.3) is 10.8 Å². The number of fused-ring (bicyclic) bond motifs is 1. The molecule has 1 amide bonds. The second-order valence-corrected chi connectivity index (χ2v) is 9.53. The molecular weight excluding hydrogens is 408 g/mol. The van der Waals surface area contributed by atoms with Crippen molar-refractivity contribution in [1.82, 2.24) is 9.62 Å². The number of rotatable bonds is 9. The van der Waals surface area contributed by atoms with Crippen LogP contribution in [0.4, 0.5) is 0 Å². The lowest BCUT2D eigenvalue weighted by molar-refractivity contribution is -0.121. The quantitative estimate of drug-likeness (QED) is 0.527. The molecular formula is C25H30N2O3S. The second kappa shape index (κ2) is 10.1. The third-order valence-electron chi connectivity index (χ3n) is 5.57. The highest BCUT2D eigenvalue weighted by atomic mass is 32.2. The molecule has 0 heterocycles. The predicted octanol–water partition coefficient (Wildman–Crippen LogP) is 4.68. The van der Waals surface area contributed by atoms with Crippen molar-refractivity contribution in [3.05, 3.63) is 77.9 Å². The Morgan fingerprint density at radius 2 is 1.58 bits per heavy atom. The summed E-state index contributed by atoms with van der Waals surface area (Å²) in [5.74, 6) is -0.0275.